The number of nitrogens with two attached hydrogens (primary N) is 1. The van der Waals surface area contributed by atoms with E-state index in [-0.39, 0.29) is 29.3 Å². The zero-order valence-electron chi connectivity index (χ0n) is 25.8. The van der Waals surface area contributed by atoms with E-state index in [0.717, 1.165) is 59.3 Å². The molecule has 8 heteroatoms. The van der Waals surface area contributed by atoms with Crippen LogP contribution >= 0.6 is 0 Å². The van der Waals surface area contributed by atoms with E-state index in [1.165, 1.54) is 0 Å². The number of fused-ring (bicyclic) bond motifs is 8. The standard InChI is InChI=1S/C37H41NO7/c1-35-11-9-25(40)16-24(35)7-8-26-27-17-31-37(30(42)19-39,36(27,2)18-29(41)32(26)35)45-34(44-31)22-5-3-20(4-6-22)13-21-14-23-10-12-43-33(23)28(38)15-21/h3-6,9,11,14-16,26-27,29,31-32,34,39,41H,7-8,10,12-13,17-19,38H2,1-2H3/t26-,27-,29-,31+,32+,34+,35-,36-,37+/m0/s1. The molecular formula is C37H41NO7. The van der Waals surface area contributed by atoms with Gasteiger partial charge in [0.1, 0.15) is 12.4 Å². The number of Topliss-reactive ketones (excluding diaryl/α,β-unsaturated/α-hetero) is 1. The average molecular weight is 612 g/mol. The third kappa shape index (κ3) is 4.05. The highest BCUT2D eigenvalue weighted by Crippen LogP contribution is 2.70. The van der Waals surface area contributed by atoms with Crippen LogP contribution in [-0.2, 0) is 31.9 Å². The lowest BCUT2D eigenvalue weighted by molar-refractivity contribution is -0.201. The average Bonchev–Trinajstić information content (AvgIpc) is 3.70. The molecule has 2 aromatic carbocycles. The zero-order valence-corrected chi connectivity index (χ0v) is 25.8. The van der Waals surface area contributed by atoms with Gasteiger partial charge in [0, 0.05) is 28.7 Å². The quantitative estimate of drug-likeness (QED) is 0.425. The number of rotatable bonds is 5. The fourth-order valence-corrected chi connectivity index (χ4v) is 10.4. The van der Waals surface area contributed by atoms with E-state index in [1.807, 2.05) is 36.4 Å². The zero-order chi connectivity index (χ0) is 31.3. The van der Waals surface area contributed by atoms with Crippen LogP contribution in [0.1, 0.15) is 68.1 Å². The number of hydrogen-bond acceptors (Lipinski definition) is 8. The molecule has 0 aromatic heterocycles. The van der Waals surface area contributed by atoms with E-state index in [9.17, 15) is 19.8 Å². The van der Waals surface area contributed by atoms with Crippen LogP contribution in [-0.4, -0.2) is 52.8 Å². The van der Waals surface area contributed by atoms with Gasteiger partial charge in [-0.1, -0.05) is 55.8 Å². The van der Waals surface area contributed by atoms with Crippen molar-refractivity contribution in [2.75, 3.05) is 18.9 Å². The number of carbonyl (C=O) groups excluding carboxylic acids is 2. The Morgan fingerprint density at radius 3 is 2.69 bits per heavy atom. The minimum Gasteiger partial charge on any atom is -0.491 e. The van der Waals surface area contributed by atoms with Crippen molar-refractivity contribution in [3.63, 3.8) is 0 Å². The first-order valence-electron chi connectivity index (χ1n) is 16.3. The number of aliphatic hydroxyl groups is 2. The molecule has 4 aliphatic carbocycles. The van der Waals surface area contributed by atoms with Gasteiger partial charge in [-0.05, 0) is 78.8 Å². The molecule has 0 unspecified atom stereocenters. The van der Waals surface area contributed by atoms with Crippen LogP contribution < -0.4 is 10.5 Å². The van der Waals surface area contributed by atoms with Crippen molar-refractivity contribution in [3.05, 3.63) is 82.5 Å². The monoisotopic (exact) mass is 611 g/mol. The lowest BCUT2D eigenvalue weighted by Crippen LogP contribution is -2.63. The molecule has 4 fully saturated rings. The van der Waals surface area contributed by atoms with Crippen LogP contribution in [0.3, 0.4) is 0 Å². The minimum absolute atomic E-state index is 0.00265. The van der Waals surface area contributed by atoms with E-state index >= 15 is 0 Å². The Morgan fingerprint density at radius 1 is 1.11 bits per heavy atom. The van der Waals surface area contributed by atoms with E-state index < -0.39 is 41.5 Å². The molecule has 2 aliphatic heterocycles. The molecule has 0 radical (unpaired) electrons. The fraction of sp³-hybridized carbons (Fsp3) is 0.514. The molecule has 45 heavy (non-hydrogen) atoms. The predicted octanol–water partition coefficient (Wildman–Crippen LogP) is 4.40. The van der Waals surface area contributed by atoms with Crippen molar-refractivity contribution in [2.45, 2.75) is 76.5 Å². The Hall–Kier alpha value is -3.30. The van der Waals surface area contributed by atoms with E-state index in [4.69, 9.17) is 19.9 Å². The minimum atomic E-state index is -1.36. The van der Waals surface area contributed by atoms with E-state index in [0.29, 0.717) is 25.1 Å². The molecule has 6 aliphatic rings. The molecule has 4 N–H and O–H groups in total. The number of benzene rings is 2. The molecule has 0 bridgehead atoms. The van der Waals surface area contributed by atoms with Crippen LogP contribution in [0.15, 0.2) is 60.2 Å². The van der Waals surface area contributed by atoms with Gasteiger partial charge in [0.15, 0.2) is 23.5 Å². The van der Waals surface area contributed by atoms with Gasteiger partial charge in [-0.15, -0.1) is 0 Å². The Kier molecular flexibility index (Phi) is 6.54. The number of aliphatic hydroxyl groups excluding tert-OH is 2. The van der Waals surface area contributed by atoms with Gasteiger partial charge >= 0.3 is 0 Å². The molecule has 0 spiro atoms. The van der Waals surface area contributed by atoms with Crippen molar-refractivity contribution < 1.29 is 34.0 Å². The molecule has 8 nitrogen and oxygen atoms in total. The number of ether oxygens (including phenoxy) is 3. The van der Waals surface area contributed by atoms with Gasteiger partial charge in [-0.25, -0.2) is 0 Å². The van der Waals surface area contributed by atoms with Crippen molar-refractivity contribution in [3.8, 4) is 5.75 Å². The molecule has 2 aromatic rings. The molecule has 3 saturated carbocycles. The van der Waals surface area contributed by atoms with Crippen LogP contribution in [0.4, 0.5) is 5.69 Å². The maximum absolute atomic E-state index is 13.8. The van der Waals surface area contributed by atoms with Crippen LogP contribution in [0.5, 0.6) is 5.75 Å². The van der Waals surface area contributed by atoms with Gasteiger partial charge < -0.3 is 30.2 Å². The van der Waals surface area contributed by atoms with Crippen molar-refractivity contribution >= 4 is 17.3 Å². The van der Waals surface area contributed by atoms with Gasteiger partial charge in [-0.3, -0.25) is 9.59 Å². The molecule has 1 saturated heterocycles. The van der Waals surface area contributed by atoms with Gasteiger partial charge in [0.25, 0.3) is 0 Å². The topological polar surface area (TPSA) is 128 Å². The Bertz CT molecular complexity index is 1650. The summed E-state index contributed by atoms with van der Waals surface area (Å²) in [4.78, 5) is 26.0. The van der Waals surface area contributed by atoms with E-state index in [2.05, 4.69) is 19.9 Å². The van der Waals surface area contributed by atoms with Gasteiger partial charge in [0.05, 0.1) is 24.5 Å². The maximum atomic E-state index is 13.8. The summed E-state index contributed by atoms with van der Waals surface area (Å²) in [5.74, 6) is 0.535. The van der Waals surface area contributed by atoms with Crippen molar-refractivity contribution in [1.82, 2.24) is 0 Å². The normalized spacial score (nSPS) is 39.3. The first kappa shape index (κ1) is 29.1. The SMILES string of the molecule is C[C@]12C=CC(=O)C=C1CC[C@@H]1[C@@H]2[C@@H](O)C[C@@]2(C)[C@H]1C[C@H]1O[C@@H](c3ccc(Cc4cc(N)c5c(c4)CCO5)cc3)O[C@]12C(=O)CO. The van der Waals surface area contributed by atoms with Crippen LogP contribution in [0.2, 0.25) is 0 Å². The maximum Gasteiger partial charge on any atom is 0.193 e. The number of hydrogen-bond donors (Lipinski definition) is 3. The second-order valence-corrected chi connectivity index (χ2v) is 14.5. The fourth-order valence-electron chi connectivity index (χ4n) is 10.4. The molecular weight excluding hydrogens is 570 g/mol. The van der Waals surface area contributed by atoms with Gasteiger partial charge in [-0.2, -0.15) is 0 Å². The summed E-state index contributed by atoms with van der Waals surface area (Å²) in [6.07, 6.45) is 7.53. The largest absolute Gasteiger partial charge is 0.491 e. The highest BCUT2D eigenvalue weighted by molar-refractivity contribution is 6.01. The second-order valence-electron chi connectivity index (χ2n) is 14.5. The molecule has 236 valence electrons. The Balaban J connectivity index is 1.06. The number of anilines is 1. The first-order chi connectivity index (χ1) is 21.6. The third-order valence-corrected chi connectivity index (χ3v) is 12.3. The van der Waals surface area contributed by atoms with Crippen molar-refractivity contribution in [1.29, 1.82) is 0 Å². The number of allylic oxidation sites excluding steroid dienone is 4. The second kappa shape index (κ2) is 10.1. The lowest BCUT2D eigenvalue weighted by Gasteiger charge is -2.59. The summed E-state index contributed by atoms with van der Waals surface area (Å²) in [6, 6.07) is 12.2. The Morgan fingerprint density at radius 2 is 1.91 bits per heavy atom. The molecule has 0 amide bonds. The number of ketones is 2. The summed E-state index contributed by atoms with van der Waals surface area (Å²) in [7, 11) is 0. The van der Waals surface area contributed by atoms with Crippen molar-refractivity contribution in [2.24, 2.45) is 28.6 Å². The summed E-state index contributed by atoms with van der Waals surface area (Å²) >= 11 is 0. The van der Waals surface area contributed by atoms with Crippen LogP contribution in [0.25, 0.3) is 0 Å². The highest BCUT2D eigenvalue weighted by Gasteiger charge is 2.75. The third-order valence-electron chi connectivity index (χ3n) is 12.3. The van der Waals surface area contributed by atoms with Crippen LogP contribution in [0, 0.1) is 28.6 Å². The first-order valence-corrected chi connectivity index (χ1v) is 16.3. The predicted molar refractivity (Wildman–Crippen MR) is 166 cm³/mol. The number of carbonyl (C=O) groups is 2. The molecule has 9 atom stereocenters. The summed E-state index contributed by atoms with van der Waals surface area (Å²) in [5, 5.41) is 22.1. The van der Waals surface area contributed by atoms with E-state index in [1.54, 1.807) is 12.2 Å². The highest BCUT2D eigenvalue weighted by atomic mass is 16.7. The Labute approximate surface area is 263 Å². The summed E-state index contributed by atoms with van der Waals surface area (Å²) < 4.78 is 19.0. The molecule has 2 heterocycles. The van der Waals surface area contributed by atoms with Gasteiger partial charge in [0.2, 0.25) is 0 Å². The summed E-state index contributed by atoms with van der Waals surface area (Å²) in [5.41, 5.74) is 9.70. The summed E-state index contributed by atoms with van der Waals surface area (Å²) in [6.45, 7) is 4.20. The number of nitrogen functional groups attached to an aromatic ring is 1. The molecule has 8 rings (SSSR count). The lowest BCUT2D eigenvalue weighted by atomic mass is 9.46. The smallest absolute Gasteiger partial charge is 0.193 e.